The predicted octanol–water partition coefficient (Wildman–Crippen LogP) is 1.20. The number of hydrogen-bond acceptors (Lipinski definition) is 9. The largest absolute Gasteiger partial charge is 0.442 e. The Kier molecular flexibility index (Phi) is 5.57. The van der Waals surface area contributed by atoms with Crippen LogP contribution in [0, 0.1) is 0 Å². The summed E-state index contributed by atoms with van der Waals surface area (Å²) in [6.45, 7) is 3.30. The van der Waals surface area contributed by atoms with Crippen molar-refractivity contribution in [1.82, 2.24) is 15.5 Å². The van der Waals surface area contributed by atoms with Gasteiger partial charge in [-0.2, -0.15) is 0 Å². The molecule has 2 aliphatic rings. The van der Waals surface area contributed by atoms with E-state index in [2.05, 4.69) is 15.5 Å². The summed E-state index contributed by atoms with van der Waals surface area (Å²) in [5.41, 5.74) is 7.14. The topological polar surface area (TPSA) is 117 Å². The van der Waals surface area contributed by atoms with E-state index in [1.54, 1.807) is 4.90 Å². The lowest BCUT2D eigenvalue weighted by Crippen LogP contribution is -2.51. The first-order chi connectivity index (χ1) is 14.4. The minimum atomic E-state index is -1.23. The first-order valence-electron chi connectivity index (χ1n) is 9.48. The molecule has 1 aromatic carbocycles. The Hall–Kier alpha value is -3.15. The molecule has 0 radical (unpaired) electrons. The lowest BCUT2D eigenvalue weighted by Gasteiger charge is -2.38. The fraction of sp³-hybridized carbons (Fsp3) is 0.444. The van der Waals surface area contributed by atoms with Gasteiger partial charge in [0.15, 0.2) is 6.30 Å². The zero-order valence-corrected chi connectivity index (χ0v) is 17.1. The molecule has 2 aromatic rings. The maximum atomic E-state index is 14.7. The number of halogens is 1. The fourth-order valence-electron chi connectivity index (χ4n) is 3.47. The van der Waals surface area contributed by atoms with Crippen LogP contribution in [0.5, 0.6) is 0 Å². The number of piperazine rings is 1. The molecule has 12 heteroatoms. The molecule has 0 spiro atoms. The van der Waals surface area contributed by atoms with E-state index in [1.807, 2.05) is 29.2 Å². The van der Waals surface area contributed by atoms with Gasteiger partial charge in [-0.05, 0) is 24.3 Å². The summed E-state index contributed by atoms with van der Waals surface area (Å²) >= 11 is 1.17. The average molecular weight is 435 g/mol. The summed E-state index contributed by atoms with van der Waals surface area (Å²) < 4.78 is 20.0. The summed E-state index contributed by atoms with van der Waals surface area (Å²) in [7, 11) is 0. The van der Waals surface area contributed by atoms with E-state index in [0.29, 0.717) is 35.6 Å². The molecule has 3 N–H and O–H groups in total. The number of hydrogen-bond donors (Lipinski definition) is 2. The van der Waals surface area contributed by atoms with Crippen LogP contribution in [-0.4, -0.2) is 67.3 Å². The molecule has 2 unspecified atom stereocenters. The number of anilines is 4. The molecule has 2 amide bonds. The number of cyclic esters (lactones) is 1. The third-order valence-corrected chi connectivity index (χ3v) is 5.76. The molecule has 0 aliphatic carbocycles. The van der Waals surface area contributed by atoms with Crippen molar-refractivity contribution >= 4 is 45.0 Å². The summed E-state index contributed by atoms with van der Waals surface area (Å²) in [6.07, 6.45) is -2.07. The Morgan fingerprint density at radius 3 is 2.63 bits per heavy atom. The second-order valence-corrected chi connectivity index (χ2v) is 8.05. The molecule has 1 aromatic heterocycles. The van der Waals surface area contributed by atoms with E-state index in [-0.39, 0.29) is 19.0 Å². The smallest absolute Gasteiger partial charge is 0.414 e. The summed E-state index contributed by atoms with van der Waals surface area (Å²) in [6, 6.07) is 7.33. The Bertz CT molecular complexity index is 925. The molecule has 2 fully saturated rings. The number of amides is 2. The van der Waals surface area contributed by atoms with Crippen LogP contribution in [0.2, 0.25) is 0 Å². The van der Waals surface area contributed by atoms with Crippen molar-refractivity contribution < 1.29 is 18.7 Å². The van der Waals surface area contributed by atoms with Crippen molar-refractivity contribution in [3.8, 4) is 0 Å². The number of alkyl halides is 1. The minimum Gasteiger partial charge on any atom is -0.442 e. The van der Waals surface area contributed by atoms with Crippen LogP contribution in [0.3, 0.4) is 0 Å². The zero-order valence-electron chi connectivity index (χ0n) is 16.3. The average Bonchev–Trinajstić information content (AvgIpc) is 3.32. The van der Waals surface area contributed by atoms with Crippen molar-refractivity contribution in [3.05, 3.63) is 24.3 Å². The van der Waals surface area contributed by atoms with Gasteiger partial charge in [-0.25, -0.2) is 9.18 Å². The minimum absolute atomic E-state index is 0.172. The number of carbonyl (C=O) groups is 2. The number of carbonyl (C=O) groups excluding carboxylic acids is 2. The zero-order chi connectivity index (χ0) is 21.3. The van der Waals surface area contributed by atoms with Crippen LogP contribution >= 0.6 is 11.3 Å². The molecule has 2 saturated heterocycles. The van der Waals surface area contributed by atoms with Crippen LogP contribution in [0.1, 0.15) is 6.92 Å². The monoisotopic (exact) mass is 435 g/mol. The SMILES string of the molecule is CC(=O)NCC1CN(c2ccc(N3CCN(c4nnc(N)s4)C(F)C3)cc2)C(=O)O1. The molecule has 160 valence electrons. The van der Waals surface area contributed by atoms with Crippen LogP contribution in [0.25, 0.3) is 0 Å². The quantitative estimate of drug-likeness (QED) is 0.673. The van der Waals surface area contributed by atoms with Crippen molar-refractivity contribution in [2.75, 3.05) is 53.2 Å². The first kappa shape index (κ1) is 20.1. The second-order valence-electron chi connectivity index (χ2n) is 7.07. The van der Waals surface area contributed by atoms with Gasteiger partial charge in [-0.1, -0.05) is 11.3 Å². The van der Waals surface area contributed by atoms with Gasteiger partial charge in [0.05, 0.1) is 19.6 Å². The number of nitrogen functional groups attached to an aromatic ring is 1. The summed E-state index contributed by atoms with van der Waals surface area (Å²) in [5, 5.41) is 11.1. The van der Waals surface area contributed by atoms with Gasteiger partial charge < -0.3 is 25.6 Å². The molecular formula is C18H22FN7O3S. The highest BCUT2D eigenvalue weighted by Gasteiger charge is 2.33. The molecule has 2 atom stereocenters. The Morgan fingerprint density at radius 1 is 1.27 bits per heavy atom. The second kappa shape index (κ2) is 8.30. The van der Waals surface area contributed by atoms with E-state index in [4.69, 9.17) is 10.5 Å². The van der Waals surface area contributed by atoms with Crippen molar-refractivity contribution in [3.63, 3.8) is 0 Å². The van der Waals surface area contributed by atoms with Gasteiger partial charge in [0, 0.05) is 31.4 Å². The third-order valence-electron chi connectivity index (χ3n) is 4.98. The lowest BCUT2D eigenvalue weighted by atomic mass is 10.2. The summed E-state index contributed by atoms with van der Waals surface area (Å²) in [5.74, 6) is -0.172. The number of nitrogens with two attached hydrogens (primary N) is 1. The van der Waals surface area contributed by atoms with Crippen LogP contribution in [0.4, 0.5) is 30.8 Å². The molecule has 4 rings (SSSR count). The number of rotatable bonds is 5. The van der Waals surface area contributed by atoms with Gasteiger partial charge in [-0.15, -0.1) is 10.2 Å². The fourth-order valence-corrected chi connectivity index (χ4v) is 4.15. The molecule has 30 heavy (non-hydrogen) atoms. The highest BCUT2D eigenvalue weighted by atomic mass is 32.1. The predicted molar refractivity (Wildman–Crippen MR) is 112 cm³/mol. The molecule has 10 nitrogen and oxygen atoms in total. The van der Waals surface area contributed by atoms with E-state index in [1.165, 1.54) is 23.2 Å². The Morgan fingerprint density at radius 2 is 2.00 bits per heavy atom. The maximum Gasteiger partial charge on any atom is 0.414 e. The van der Waals surface area contributed by atoms with Crippen LogP contribution in [0.15, 0.2) is 24.3 Å². The highest BCUT2D eigenvalue weighted by Crippen LogP contribution is 2.29. The van der Waals surface area contributed by atoms with Crippen molar-refractivity contribution in [2.24, 2.45) is 0 Å². The van der Waals surface area contributed by atoms with Crippen LogP contribution in [-0.2, 0) is 9.53 Å². The van der Waals surface area contributed by atoms with Gasteiger partial charge in [0.2, 0.25) is 16.2 Å². The Balaban J connectivity index is 1.37. The number of ether oxygens (including phenoxy) is 1. The van der Waals surface area contributed by atoms with Gasteiger partial charge >= 0.3 is 6.09 Å². The standard InChI is InChI=1S/C18H22FN7O3S/c1-11(27)21-8-14-9-26(18(28)29-14)13-4-2-12(3-5-13)24-6-7-25(15(19)10-24)17-23-22-16(20)30-17/h2-5,14-15H,6-10H2,1H3,(H2,20,22)(H,21,27). The summed E-state index contributed by atoms with van der Waals surface area (Å²) in [4.78, 5) is 28.2. The number of aromatic nitrogens is 2. The normalized spacial score (nSPS) is 21.7. The Labute approximate surface area is 176 Å². The van der Waals surface area contributed by atoms with Crippen molar-refractivity contribution in [1.29, 1.82) is 0 Å². The van der Waals surface area contributed by atoms with E-state index >= 15 is 0 Å². The number of benzene rings is 1. The van der Waals surface area contributed by atoms with E-state index < -0.39 is 18.5 Å². The number of nitrogens with zero attached hydrogens (tertiary/aromatic N) is 5. The lowest BCUT2D eigenvalue weighted by molar-refractivity contribution is -0.119. The molecule has 0 bridgehead atoms. The van der Waals surface area contributed by atoms with Crippen molar-refractivity contribution in [2.45, 2.75) is 19.3 Å². The van der Waals surface area contributed by atoms with Gasteiger partial charge in [-0.3, -0.25) is 9.69 Å². The van der Waals surface area contributed by atoms with E-state index in [9.17, 15) is 14.0 Å². The first-order valence-corrected chi connectivity index (χ1v) is 10.3. The van der Waals surface area contributed by atoms with Gasteiger partial charge in [0.1, 0.15) is 6.10 Å². The molecule has 0 saturated carbocycles. The van der Waals surface area contributed by atoms with E-state index in [0.717, 1.165) is 5.69 Å². The maximum absolute atomic E-state index is 14.7. The molecule has 2 aliphatic heterocycles. The van der Waals surface area contributed by atoms with Crippen LogP contribution < -0.4 is 25.8 Å². The highest BCUT2D eigenvalue weighted by molar-refractivity contribution is 7.18. The number of nitrogens with one attached hydrogen (secondary N) is 1. The molecular weight excluding hydrogens is 413 g/mol. The molecule has 3 heterocycles. The third kappa shape index (κ3) is 4.22. The van der Waals surface area contributed by atoms with Gasteiger partial charge in [0.25, 0.3) is 0 Å².